The molecule has 19 heavy (non-hydrogen) atoms. The number of rotatable bonds is 5. The van der Waals surface area contributed by atoms with Gasteiger partial charge in [0.1, 0.15) is 5.60 Å². The molecule has 2 aromatic rings. The average Bonchev–Trinajstić information content (AvgIpc) is 2.47. The molecule has 4 heteroatoms. The van der Waals surface area contributed by atoms with Crippen LogP contribution in [0.5, 0.6) is 0 Å². The summed E-state index contributed by atoms with van der Waals surface area (Å²) in [7, 11) is 0. The van der Waals surface area contributed by atoms with Gasteiger partial charge in [-0.25, -0.2) is 0 Å². The Morgan fingerprint density at radius 3 is 2.26 bits per heavy atom. The highest BCUT2D eigenvalue weighted by Crippen LogP contribution is 2.29. The molecule has 0 radical (unpaired) electrons. The van der Waals surface area contributed by atoms with Gasteiger partial charge < -0.3 is 10.8 Å². The fourth-order valence-corrected chi connectivity index (χ4v) is 3.02. The number of hydrogen-bond donors (Lipinski definition) is 2. The van der Waals surface area contributed by atoms with Crippen molar-refractivity contribution in [3.63, 3.8) is 0 Å². The number of halogens is 1. The zero-order valence-electron chi connectivity index (χ0n) is 10.4. The standard InChI is InChI=1S/C15H16BrNOS/c16-13-6-8-14(9-7-13)19-11-15(18,10-17)12-4-2-1-3-5-12/h1-9,18H,10-11,17H2. The highest BCUT2D eigenvalue weighted by Gasteiger charge is 2.27. The molecule has 0 saturated heterocycles. The van der Waals surface area contributed by atoms with E-state index in [0.29, 0.717) is 5.75 Å². The Hall–Kier alpha value is -0.810. The summed E-state index contributed by atoms with van der Waals surface area (Å²) < 4.78 is 1.05. The Kier molecular flexibility index (Phi) is 5.05. The topological polar surface area (TPSA) is 46.2 Å². The third-order valence-corrected chi connectivity index (χ3v) is 4.70. The van der Waals surface area contributed by atoms with Gasteiger partial charge in [-0.3, -0.25) is 0 Å². The highest BCUT2D eigenvalue weighted by atomic mass is 79.9. The van der Waals surface area contributed by atoms with E-state index in [0.717, 1.165) is 14.9 Å². The quantitative estimate of drug-likeness (QED) is 0.822. The van der Waals surface area contributed by atoms with Crippen LogP contribution in [0.2, 0.25) is 0 Å². The van der Waals surface area contributed by atoms with Crippen LogP contribution in [0.3, 0.4) is 0 Å². The molecule has 0 bridgehead atoms. The molecule has 1 unspecified atom stereocenters. The van der Waals surface area contributed by atoms with Crippen molar-refractivity contribution >= 4 is 27.7 Å². The molecule has 100 valence electrons. The minimum absolute atomic E-state index is 0.209. The average molecular weight is 338 g/mol. The summed E-state index contributed by atoms with van der Waals surface area (Å²) in [6.07, 6.45) is 0. The van der Waals surface area contributed by atoms with Gasteiger partial charge in [0.05, 0.1) is 0 Å². The summed E-state index contributed by atoms with van der Waals surface area (Å²) in [5.41, 5.74) is 5.63. The van der Waals surface area contributed by atoms with E-state index in [2.05, 4.69) is 15.9 Å². The van der Waals surface area contributed by atoms with Crippen LogP contribution in [-0.4, -0.2) is 17.4 Å². The normalized spacial score (nSPS) is 14.1. The summed E-state index contributed by atoms with van der Waals surface area (Å²) in [6, 6.07) is 17.6. The van der Waals surface area contributed by atoms with Crippen molar-refractivity contribution in [2.75, 3.05) is 12.3 Å². The van der Waals surface area contributed by atoms with Crippen molar-refractivity contribution in [2.24, 2.45) is 5.73 Å². The first-order chi connectivity index (χ1) is 9.14. The van der Waals surface area contributed by atoms with Crippen molar-refractivity contribution in [1.82, 2.24) is 0 Å². The smallest absolute Gasteiger partial charge is 0.111 e. The van der Waals surface area contributed by atoms with Crippen LogP contribution in [0.4, 0.5) is 0 Å². The molecular weight excluding hydrogens is 322 g/mol. The first-order valence-electron chi connectivity index (χ1n) is 6.00. The van der Waals surface area contributed by atoms with E-state index >= 15 is 0 Å². The SMILES string of the molecule is NCC(O)(CSc1ccc(Br)cc1)c1ccccc1. The maximum atomic E-state index is 10.7. The Morgan fingerprint density at radius 2 is 1.68 bits per heavy atom. The van der Waals surface area contributed by atoms with E-state index in [1.807, 2.05) is 54.6 Å². The number of nitrogens with two attached hydrogens (primary N) is 1. The molecule has 0 aromatic heterocycles. The van der Waals surface area contributed by atoms with E-state index < -0.39 is 5.60 Å². The predicted octanol–water partition coefficient (Wildman–Crippen LogP) is 3.39. The fraction of sp³-hybridized carbons (Fsp3) is 0.200. The molecular formula is C15H16BrNOS. The summed E-state index contributed by atoms with van der Waals surface area (Å²) in [5.74, 6) is 0.537. The lowest BCUT2D eigenvalue weighted by Gasteiger charge is -2.26. The van der Waals surface area contributed by atoms with Crippen LogP contribution in [-0.2, 0) is 5.60 Å². The maximum Gasteiger partial charge on any atom is 0.111 e. The molecule has 0 spiro atoms. The van der Waals surface area contributed by atoms with E-state index in [4.69, 9.17) is 5.73 Å². The van der Waals surface area contributed by atoms with Crippen molar-refractivity contribution in [2.45, 2.75) is 10.5 Å². The van der Waals surface area contributed by atoms with Crippen LogP contribution in [0.15, 0.2) is 64.0 Å². The zero-order chi connectivity index (χ0) is 13.7. The second-order valence-corrected chi connectivity index (χ2v) is 6.31. The third-order valence-electron chi connectivity index (χ3n) is 2.94. The summed E-state index contributed by atoms with van der Waals surface area (Å²) in [4.78, 5) is 1.12. The van der Waals surface area contributed by atoms with E-state index in [1.54, 1.807) is 11.8 Å². The van der Waals surface area contributed by atoms with Gasteiger partial charge in [0.2, 0.25) is 0 Å². The summed E-state index contributed by atoms with van der Waals surface area (Å²) in [5, 5.41) is 10.7. The first kappa shape index (κ1) is 14.6. The lowest BCUT2D eigenvalue weighted by molar-refractivity contribution is 0.0721. The van der Waals surface area contributed by atoms with Crippen LogP contribution >= 0.6 is 27.7 Å². The van der Waals surface area contributed by atoms with Gasteiger partial charge in [-0.05, 0) is 29.8 Å². The largest absolute Gasteiger partial charge is 0.383 e. The second-order valence-electron chi connectivity index (χ2n) is 4.34. The van der Waals surface area contributed by atoms with Gasteiger partial charge in [-0.15, -0.1) is 11.8 Å². The highest BCUT2D eigenvalue weighted by molar-refractivity contribution is 9.10. The lowest BCUT2D eigenvalue weighted by atomic mass is 9.96. The monoisotopic (exact) mass is 337 g/mol. The van der Waals surface area contributed by atoms with E-state index in [-0.39, 0.29) is 6.54 Å². The van der Waals surface area contributed by atoms with Crippen molar-refractivity contribution in [3.8, 4) is 0 Å². The molecule has 0 saturated carbocycles. The minimum atomic E-state index is -0.987. The molecule has 2 nitrogen and oxygen atoms in total. The molecule has 0 heterocycles. The summed E-state index contributed by atoms with van der Waals surface area (Å²) in [6.45, 7) is 0.209. The first-order valence-corrected chi connectivity index (χ1v) is 7.78. The number of aliphatic hydroxyl groups is 1. The van der Waals surface area contributed by atoms with Crippen molar-refractivity contribution < 1.29 is 5.11 Å². The molecule has 3 N–H and O–H groups in total. The number of benzene rings is 2. The third kappa shape index (κ3) is 3.83. The van der Waals surface area contributed by atoms with Crippen LogP contribution in [0.1, 0.15) is 5.56 Å². The van der Waals surface area contributed by atoms with Gasteiger partial charge in [-0.2, -0.15) is 0 Å². The van der Waals surface area contributed by atoms with Gasteiger partial charge in [0, 0.05) is 21.7 Å². The maximum absolute atomic E-state index is 10.7. The Bertz CT molecular complexity index is 517. The lowest BCUT2D eigenvalue weighted by Crippen LogP contribution is -2.37. The van der Waals surface area contributed by atoms with Gasteiger partial charge in [0.15, 0.2) is 0 Å². The van der Waals surface area contributed by atoms with E-state index in [9.17, 15) is 5.11 Å². The molecule has 1 atom stereocenters. The van der Waals surface area contributed by atoms with Crippen LogP contribution < -0.4 is 5.73 Å². The molecule has 0 aliphatic rings. The summed E-state index contributed by atoms with van der Waals surface area (Å²) >= 11 is 5.01. The zero-order valence-corrected chi connectivity index (χ0v) is 12.8. The molecule has 2 rings (SSSR count). The number of thioether (sulfide) groups is 1. The molecule has 0 amide bonds. The predicted molar refractivity (Wildman–Crippen MR) is 84.3 cm³/mol. The minimum Gasteiger partial charge on any atom is -0.383 e. The number of hydrogen-bond acceptors (Lipinski definition) is 3. The Labute approximate surface area is 126 Å². The fourth-order valence-electron chi connectivity index (χ4n) is 1.74. The van der Waals surface area contributed by atoms with Crippen molar-refractivity contribution in [3.05, 3.63) is 64.6 Å². The Morgan fingerprint density at radius 1 is 1.05 bits per heavy atom. The van der Waals surface area contributed by atoms with E-state index in [1.165, 1.54) is 0 Å². The van der Waals surface area contributed by atoms with Gasteiger partial charge >= 0.3 is 0 Å². The molecule has 0 fully saturated rings. The van der Waals surface area contributed by atoms with Crippen molar-refractivity contribution in [1.29, 1.82) is 0 Å². The molecule has 2 aromatic carbocycles. The van der Waals surface area contributed by atoms with Gasteiger partial charge in [0.25, 0.3) is 0 Å². The van der Waals surface area contributed by atoms with Crippen LogP contribution in [0.25, 0.3) is 0 Å². The second kappa shape index (κ2) is 6.57. The van der Waals surface area contributed by atoms with Crippen LogP contribution in [0, 0.1) is 0 Å². The Balaban J connectivity index is 2.09. The molecule has 0 aliphatic carbocycles. The molecule has 0 aliphatic heterocycles. The van der Waals surface area contributed by atoms with Gasteiger partial charge in [-0.1, -0.05) is 46.3 Å².